The molecule has 2 aliphatic heterocycles. The lowest BCUT2D eigenvalue weighted by molar-refractivity contribution is 0.268. The number of piperidine rings is 1. The van der Waals surface area contributed by atoms with Gasteiger partial charge in [-0.3, -0.25) is 4.99 Å². The van der Waals surface area contributed by atoms with E-state index >= 15 is 0 Å². The zero-order chi connectivity index (χ0) is 13.5. The van der Waals surface area contributed by atoms with Gasteiger partial charge in [-0.05, 0) is 44.7 Å². The molecule has 0 aromatic carbocycles. The number of hydrogen-bond acceptors (Lipinski definition) is 2. The van der Waals surface area contributed by atoms with E-state index in [1.54, 1.807) is 0 Å². The van der Waals surface area contributed by atoms with Crippen LogP contribution >= 0.6 is 0 Å². The van der Waals surface area contributed by atoms with Crippen LogP contribution in [0, 0.1) is 5.92 Å². The Hall–Kier alpha value is -0.770. The minimum atomic E-state index is 0.758. The van der Waals surface area contributed by atoms with Crippen molar-refractivity contribution in [3.63, 3.8) is 0 Å². The molecular weight excluding hydrogens is 236 g/mol. The molecule has 2 aliphatic rings. The van der Waals surface area contributed by atoms with E-state index in [2.05, 4.69) is 21.7 Å². The highest BCUT2D eigenvalue weighted by Gasteiger charge is 2.17. The van der Waals surface area contributed by atoms with Gasteiger partial charge in [0.15, 0.2) is 5.96 Å². The maximum absolute atomic E-state index is 6.11. The highest BCUT2D eigenvalue weighted by atomic mass is 15.3. The van der Waals surface area contributed by atoms with Crippen LogP contribution in [0.15, 0.2) is 4.99 Å². The van der Waals surface area contributed by atoms with Crippen molar-refractivity contribution < 1.29 is 0 Å². The first-order chi connectivity index (χ1) is 9.25. The molecule has 0 bridgehead atoms. The Labute approximate surface area is 118 Å². The van der Waals surface area contributed by atoms with Crippen molar-refractivity contribution in [3.05, 3.63) is 0 Å². The first-order valence-electron chi connectivity index (χ1n) is 8.03. The molecule has 0 spiro atoms. The summed E-state index contributed by atoms with van der Waals surface area (Å²) in [6, 6.07) is 0. The quantitative estimate of drug-likeness (QED) is 0.627. The summed E-state index contributed by atoms with van der Waals surface area (Å²) in [7, 11) is 0. The fourth-order valence-corrected chi connectivity index (χ4v) is 3.16. The number of aliphatic imine (C=N–C) groups is 1. The minimum absolute atomic E-state index is 0.758. The molecule has 2 N–H and O–H groups in total. The molecule has 2 fully saturated rings. The summed E-state index contributed by atoms with van der Waals surface area (Å²) in [4.78, 5) is 9.39. The third-order valence-electron chi connectivity index (χ3n) is 4.37. The second-order valence-corrected chi connectivity index (χ2v) is 6.19. The SMILES string of the molecule is CC1CCCN(C(N)=NCCN2CCCCCC2)C1. The van der Waals surface area contributed by atoms with Crippen molar-refractivity contribution in [1.29, 1.82) is 0 Å². The molecule has 0 radical (unpaired) electrons. The van der Waals surface area contributed by atoms with Crippen LogP contribution in [0.3, 0.4) is 0 Å². The van der Waals surface area contributed by atoms with Crippen molar-refractivity contribution in [3.8, 4) is 0 Å². The van der Waals surface area contributed by atoms with Gasteiger partial charge in [0, 0.05) is 19.6 Å². The summed E-state index contributed by atoms with van der Waals surface area (Å²) < 4.78 is 0. The lowest BCUT2D eigenvalue weighted by Crippen LogP contribution is -2.43. The molecule has 0 aromatic heterocycles. The van der Waals surface area contributed by atoms with Crippen molar-refractivity contribution in [2.24, 2.45) is 16.6 Å². The van der Waals surface area contributed by atoms with Gasteiger partial charge in [0.25, 0.3) is 0 Å². The first kappa shape index (κ1) is 14.6. The first-order valence-corrected chi connectivity index (χ1v) is 8.03. The fraction of sp³-hybridized carbons (Fsp3) is 0.933. The van der Waals surface area contributed by atoms with Gasteiger partial charge < -0.3 is 15.5 Å². The number of hydrogen-bond donors (Lipinski definition) is 1. The molecule has 4 nitrogen and oxygen atoms in total. The van der Waals surface area contributed by atoms with Gasteiger partial charge in [-0.25, -0.2) is 0 Å². The summed E-state index contributed by atoms with van der Waals surface area (Å²) in [5, 5.41) is 0. The molecule has 0 aromatic rings. The minimum Gasteiger partial charge on any atom is -0.370 e. The van der Waals surface area contributed by atoms with Gasteiger partial charge in [-0.1, -0.05) is 19.8 Å². The van der Waals surface area contributed by atoms with E-state index in [1.807, 2.05) is 0 Å². The third-order valence-corrected chi connectivity index (χ3v) is 4.37. The summed E-state index contributed by atoms with van der Waals surface area (Å²) in [6.45, 7) is 8.90. The summed E-state index contributed by atoms with van der Waals surface area (Å²) in [5.74, 6) is 1.52. The number of guanidine groups is 1. The van der Waals surface area contributed by atoms with Gasteiger partial charge in [-0.2, -0.15) is 0 Å². The predicted molar refractivity (Wildman–Crippen MR) is 81.4 cm³/mol. The molecule has 0 aliphatic carbocycles. The second kappa shape index (κ2) is 7.73. The highest BCUT2D eigenvalue weighted by molar-refractivity contribution is 5.78. The Kier molecular flexibility index (Phi) is 5.95. The number of rotatable bonds is 3. The van der Waals surface area contributed by atoms with Crippen molar-refractivity contribution >= 4 is 5.96 Å². The third kappa shape index (κ3) is 5.01. The van der Waals surface area contributed by atoms with Crippen molar-refractivity contribution in [2.75, 3.05) is 39.3 Å². The van der Waals surface area contributed by atoms with E-state index in [9.17, 15) is 0 Å². The van der Waals surface area contributed by atoms with Gasteiger partial charge in [0.05, 0.1) is 6.54 Å². The van der Waals surface area contributed by atoms with Crippen LogP contribution in [0.4, 0.5) is 0 Å². The number of nitrogens with zero attached hydrogens (tertiary/aromatic N) is 3. The van der Waals surface area contributed by atoms with E-state index in [1.165, 1.54) is 51.6 Å². The largest absolute Gasteiger partial charge is 0.370 e. The van der Waals surface area contributed by atoms with Gasteiger partial charge in [0.2, 0.25) is 0 Å². The van der Waals surface area contributed by atoms with Gasteiger partial charge in [-0.15, -0.1) is 0 Å². The zero-order valence-electron chi connectivity index (χ0n) is 12.5. The van der Waals surface area contributed by atoms with E-state index in [4.69, 9.17) is 5.73 Å². The normalized spacial score (nSPS) is 27.3. The molecule has 2 rings (SSSR count). The summed E-state index contributed by atoms with van der Waals surface area (Å²) in [5.41, 5.74) is 6.11. The van der Waals surface area contributed by atoms with Crippen LogP contribution in [0.1, 0.15) is 45.4 Å². The van der Waals surface area contributed by atoms with E-state index in [0.29, 0.717) is 0 Å². The predicted octanol–water partition coefficient (Wildman–Crippen LogP) is 1.91. The summed E-state index contributed by atoms with van der Waals surface area (Å²) >= 11 is 0. The highest BCUT2D eigenvalue weighted by Crippen LogP contribution is 2.15. The molecule has 1 unspecified atom stereocenters. The second-order valence-electron chi connectivity index (χ2n) is 6.19. The number of nitrogens with two attached hydrogens (primary N) is 1. The van der Waals surface area contributed by atoms with E-state index in [-0.39, 0.29) is 0 Å². The Balaban J connectivity index is 1.71. The Morgan fingerprint density at radius 3 is 2.53 bits per heavy atom. The van der Waals surface area contributed by atoms with Crippen LogP contribution in [-0.4, -0.2) is 55.0 Å². The lowest BCUT2D eigenvalue weighted by Gasteiger charge is -2.31. The van der Waals surface area contributed by atoms with Crippen molar-refractivity contribution in [2.45, 2.75) is 45.4 Å². The molecule has 4 heteroatoms. The summed E-state index contributed by atoms with van der Waals surface area (Å²) in [6.07, 6.45) is 8.08. The zero-order valence-corrected chi connectivity index (χ0v) is 12.5. The maximum Gasteiger partial charge on any atom is 0.191 e. The van der Waals surface area contributed by atoms with Crippen molar-refractivity contribution in [1.82, 2.24) is 9.80 Å². The number of likely N-dealkylation sites (tertiary alicyclic amines) is 2. The molecule has 1 atom stereocenters. The molecule has 0 saturated carbocycles. The average molecular weight is 266 g/mol. The molecule has 2 saturated heterocycles. The molecular formula is C15H30N4. The topological polar surface area (TPSA) is 44.9 Å². The lowest BCUT2D eigenvalue weighted by atomic mass is 10.0. The van der Waals surface area contributed by atoms with Crippen LogP contribution in [0.25, 0.3) is 0 Å². The average Bonchev–Trinajstić information content (AvgIpc) is 2.67. The Bertz CT molecular complexity index is 282. The molecule has 2 heterocycles. The molecule has 19 heavy (non-hydrogen) atoms. The fourth-order valence-electron chi connectivity index (χ4n) is 3.16. The monoisotopic (exact) mass is 266 g/mol. The molecule has 110 valence electrons. The van der Waals surface area contributed by atoms with Gasteiger partial charge in [0.1, 0.15) is 0 Å². The Morgan fingerprint density at radius 2 is 1.84 bits per heavy atom. The Morgan fingerprint density at radius 1 is 1.11 bits per heavy atom. The maximum atomic E-state index is 6.11. The van der Waals surface area contributed by atoms with Crippen LogP contribution in [0.5, 0.6) is 0 Å². The van der Waals surface area contributed by atoms with Crippen LogP contribution in [-0.2, 0) is 0 Å². The van der Waals surface area contributed by atoms with Crippen LogP contribution < -0.4 is 5.73 Å². The van der Waals surface area contributed by atoms with E-state index in [0.717, 1.165) is 38.1 Å². The van der Waals surface area contributed by atoms with Gasteiger partial charge >= 0.3 is 0 Å². The smallest absolute Gasteiger partial charge is 0.191 e. The van der Waals surface area contributed by atoms with Crippen LogP contribution in [0.2, 0.25) is 0 Å². The molecule has 0 amide bonds. The standard InChI is InChI=1S/C15H30N4/c1-14-7-6-11-19(13-14)15(16)17-8-12-18-9-4-2-3-5-10-18/h14H,2-13H2,1H3,(H2,16,17). The van der Waals surface area contributed by atoms with E-state index < -0.39 is 0 Å².